The average Bonchev–Trinajstić information content (AvgIpc) is 2.59. The Kier molecular flexibility index (Phi) is 4.47. The number of nitrogens with one attached hydrogen (secondary N) is 1. The zero-order chi connectivity index (χ0) is 14.0. The molecule has 0 amide bonds. The van der Waals surface area contributed by atoms with Crippen molar-refractivity contribution in [1.82, 2.24) is 15.1 Å². The van der Waals surface area contributed by atoms with Gasteiger partial charge in [0.15, 0.2) is 5.75 Å². The first-order chi connectivity index (χ1) is 9.08. The predicted molar refractivity (Wildman–Crippen MR) is 74.6 cm³/mol. The van der Waals surface area contributed by atoms with Gasteiger partial charge in [0.2, 0.25) is 0 Å². The number of hydrogen-bond acceptors (Lipinski definition) is 4. The molecule has 5 nitrogen and oxygen atoms in total. The van der Waals surface area contributed by atoms with Crippen molar-refractivity contribution in [1.29, 1.82) is 0 Å². The van der Waals surface area contributed by atoms with E-state index in [1.54, 1.807) is 7.11 Å². The normalized spacial score (nSPS) is 26.3. The second kappa shape index (κ2) is 5.92. The van der Waals surface area contributed by atoms with E-state index in [2.05, 4.69) is 17.3 Å². The molecule has 0 radical (unpaired) electrons. The molecule has 19 heavy (non-hydrogen) atoms. The van der Waals surface area contributed by atoms with Gasteiger partial charge in [0.05, 0.1) is 5.69 Å². The molecule has 0 saturated heterocycles. The van der Waals surface area contributed by atoms with E-state index in [4.69, 9.17) is 9.47 Å². The third kappa shape index (κ3) is 2.77. The number of hydrogen-bond donors (Lipinski definition) is 1. The number of ether oxygens (including phenoxy) is 2. The summed E-state index contributed by atoms with van der Waals surface area (Å²) < 4.78 is 13.5. The van der Waals surface area contributed by atoms with Crippen molar-refractivity contribution in [2.75, 3.05) is 13.7 Å². The highest BCUT2D eigenvalue weighted by molar-refractivity contribution is 5.32. The number of aromatic nitrogens is 2. The lowest BCUT2D eigenvalue weighted by molar-refractivity contribution is -0.0891. The molecule has 0 spiro atoms. The van der Waals surface area contributed by atoms with Crippen molar-refractivity contribution < 1.29 is 9.47 Å². The molecule has 0 aliphatic heterocycles. The molecule has 1 N–H and O–H groups in total. The van der Waals surface area contributed by atoms with Crippen LogP contribution in [0.15, 0.2) is 0 Å². The van der Waals surface area contributed by atoms with Crippen molar-refractivity contribution in [2.45, 2.75) is 51.9 Å². The van der Waals surface area contributed by atoms with Crippen LogP contribution < -0.4 is 10.1 Å². The number of methoxy groups -OCH3 is 1. The van der Waals surface area contributed by atoms with Crippen LogP contribution in [-0.2, 0) is 11.8 Å². The monoisotopic (exact) mass is 267 g/mol. The Bertz CT molecular complexity index is 431. The van der Waals surface area contributed by atoms with Gasteiger partial charge in [0.25, 0.3) is 0 Å². The van der Waals surface area contributed by atoms with Gasteiger partial charge in [-0.3, -0.25) is 4.68 Å². The van der Waals surface area contributed by atoms with Crippen LogP contribution in [0.1, 0.15) is 31.2 Å². The molecular formula is C14H25N3O2. The molecule has 108 valence electrons. The Morgan fingerprint density at radius 1 is 1.42 bits per heavy atom. The molecule has 3 atom stereocenters. The van der Waals surface area contributed by atoms with E-state index in [1.165, 1.54) is 0 Å². The summed E-state index contributed by atoms with van der Waals surface area (Å²) in [6.07, 6.45) is 2.39. The summed E-state index contributed by atoms with van der Waals surface area (Å²) in [5.41, 5.74) is 2.01. The summed E-state index contributed by atoms with van der Waals surface area (Å²) in [5.74, 6) is 0.906. The van der Waals surface area contributed by atoms with Crippen molar-refractivity contribution in [3.8, 4) is 5.75 Å². The lowest BCUT2D eigenvalue weighted by Crippen LogP contribution is -2.61. The predicted octanol–water partition coefficient (Wildman–Crippen LogP) is 1.57. The summed E-state index contributed by atoms with van der Waals surface area (Å²) in [6, 6.07) is 0.409. The highest BCUT2D eigenvalue weighted by Crippen LogP contribution is 2.31. The van der Waals surface area contributed by atoms with Crippen LogP contribution in [0.3, 0.4) is 0 Å². The lowest BCUT2D eigenvalue weighted by atomic mass is 9.85. The Hall–Kier alpha value is -1.07. The molecule has 1 aliphatic rings. The third-order valence-electron chi connectivity index (χ3n) is 3.89. The van der Waals surface area contributed by atoms with Gasteiger partial charge in [-0.25, -0.2) is 0 Å². The molecule has 5 heteroatoms. The van der Waals surface area contributed by atoms with E-state index < -0.39 is 0 Å². The molecule has 1 saturated carbocycles. The van der Waals surface area contributed by atoms with Crippen molar-refractivity contribution in [3.05, 3.63) is 11.4 Å². The van der Waals surface area contributed by atoms with Crippen molar-refractivity contribution in [2.24, 2.45) is 7.05 Å². The van der Waals surface area contributed by atoms with E-state index in [9.17, 15) is 0 Å². The second-order valence-electron chi connectivity index (χ2n) is 5.28. The molecule has 1 aromatic heterocycles. The summed E-state index contributed by atoms with van der Waals surface area (Å²) >= 11 is 0. The van der Waals surface area contributed by atoms with Crippen molar-refractivity contribution in [3.63, 3.8) is 0 Å². The molecule has 1 fully saturated rings. The van der Waals surface area contributed by atoms with Crippen LogP contribution >= 0.6 is 0 Å². The molecule has 3 unspecified atom stereocenters. The molecule has 1 heterocycles. The third-order valence-corrected chi connectivity index (χ3v) is 3.89. The Labute approximate surface area is 115 Å². The van der Waals surface area contributed by atoms with Crippen LogP contribution in [-0.4, -0.2) is 41.7 Å². The first kappa shape index (κ1) is 14.3. The quantitative estimate of drug-likeness (QED) is 0.850. The van der Waals surface area contributed by atoms with E-state index >= 15 is 0 Å². The van der Waals surface area contributed by atoms with Gasteiger partial charge in [-0.2, -0.15) is 5.10 Å². The lowest BCUT2D eigenvalue weighted by Gasteiger charge is -2.43. The highest BCUT2D eigenvalue weighted by atomic mass is 16.5. The minimum Gasteiger partial charge on any atom is -0.484 e. The van der Waals surface area contributed by atoms with Crippen LogP contribution in [0.4, 0.5) is 0 Å². The summed E-state index contributed by atoms with van der Waals surface area (Å²) in [4.78, 5) is 0. The maximum Gasteiger partial charge on any atom is 0.163 e. The molecule has 2 rings (SSSR count). The van der Waals surface area contributed by atoms with Gasteiger partial charge in [0, 0.05) is 26.6 Å². The molecular weight excluding hydrogens is 242 g/mol. The van der Waals surface area contributed by atoms with Gasteiger partial charge < -0.3 is 14.8 Å². The summed E-state index contributed by atoms with van der Waals surface area (Å²) in [5, 5.41) is 7.87. The van der Waals surface area contributed by atoms with Crippen LogP contribution in [0.5, 0.6) is 5.75 Å². The molecule has 1 aromatic rings. The first-order valence-corrected chi connectivity index (χ1v) is 7.01. The minimum absolute atomic E-state index is 0.126. The van der Waals surface area contributed by atoms with E-state index in [0.29, 0.717) is 6.04 Å². The van der Waals surface area contributed by atoms with Crippen LogP contribution in [0.2, 0.25) is 0 Å². The molecule has 1 aliphatic carbocycles. The molecule has 0 bridgehead atoms. The van der Waals surface area contributed by atoms with Crippen molar-refractivity contribution >= 4 is 0 Å². The van der Waals surface area contributed by atoms with E-state index in [0.717, 1.165) is 36.5 Å². The summed E-state index contributed by atoms with van der Waals surface area (Å²) in [6.45, 7) is 7.21. The van der Waals surface area contributed by atoms with Gasteiger partial charge in [-0.1, -0.05) is 6.92 Å². The zero-order valence-corrected chi connectivity index (χ0v) is 12.6. The maximum absolute atomic E-state index is 6.10. The van der Waals surface area contributed by atoms with Gasteiger partial charge in [-0.05, 0) is 26.8 Å². The van der Waals surface area contributed by atoms with E-state index in [-0.39, 0.29) is 12.2 Å². The van der Waals surface area contributed by atoms with Crippen LogP contribution in [0, 0.1) is 13.8 Å². The van der Waals surface area contributed by atoms with Gasteiger partial charge in [0.1, 0.15) is 17.9 Å². The van der Waals surface area contributed by atoms with Gasteiger partial charge in [-0.15, -0.1) is 0 Å². The fourth-order valence-corrected chi connectivity index (χ4v) is 2.62. The smallest absolute Gasteiger partial charge is 0.163 e. The maximum atomic E-state index is 6.10. The zero-order valence-electron chi connectivity index (χ0n) is 12.6. The molecule has 0 aromatic carbocycles. The number of aryl methyl sites for hydroxylation is 2. The fourth-order valence-electron chi connectivity index (χ4n) is 2.62. The largest absolute Gasteiger partial charge is 0.484 e. The first-order valence-electron chi connectivity index (χ1n) is 7.01. The number of rotatable bonds is 6. The standard InChI is InChI=1S/C14H25N3O2/c1-6-7-15-11-8-12(14(11)18-5)19-13-9(2)16-17(4)10(13)3/h11-12,14-15H,6-8H2,1-5H3. The Morgan fingerprint density at radius 2 is 2.16 bits per heavy atom. The van der Waals surface area contributed by atoms with E-state index in [1.807, 2.05) is 25.6 Å². The van der Waals surface area contributed by atoms with Gasteiger partial charge >= 0.3 is 0 Å². The number of nitrogens with zero attached hydrogens (tertiary/aromatic N) is 2. The van der Waals surface area contributed by atoms with Crippen LogP contribution in [0.25, 0.3) is 0 Å². The Balaban J connectivity index is 1.97. The summed E-state index contributed by atoms with van der Waals surface area (Å²) in [7, 11) is 3.69. The average molecular weight is 267 g/mol. The second-order valence-corrected chi connectivity index (χ2v) is 5.28. The fraction of sp³-hybridized carbons (Fsp3) is 0.786. The Morgan fingerprint density at radius 3 is 2.68 bits per heavy atom. The minimum atomic E-state index is 0.126. The SMILES string of the molecule is CCCNC1CC(Oc2c(C)nn(C)c2C)C1OC. The topological polar surface area (TPSA) is 48.3 Å². The highest BCUT2D eigenvalue weighted by Gasteiger charge is 2.43.